The van der Waals surface area contributed by atoms with Crippen LogP contribution in [0.4, 0.5) is 0 Å². The molecule has 0 aliphatic carbocycles. The molecule has 1 aromatic heterocycles. The van der Waals surface area contributed by atoms with Crippen molar-refractivity contribution in [2.24, 2.45) is 4.99 Å². The van der Waals surface area contributed by atoms with E-state index in [0.29, 0.717) is 17.6 Å². The fraction of sp³-hybridized carbons (Fsp3) is 0.333. The molecule has 2 aromatic rings. The first-order chi connectivity index (χ1) is 11.3. The fourth-order valence-electron chi connectivity index (χ4n) is 2.97. The minimum atomic E-state index is 0. The maximum atomic E-state index is 5.82. The summed E-state index contributed by atoms with van der Waals surface area (Å²) < 4.78 is 0. The third-order valence-corrected chi connectivity index (χ3v) is 4.43. The molecule has 1 aliphatic rings. The predicted molar refractivity (Wildman–Crippen MR) is 110 cm³/mol. The largest absolute Gasteiger partial charge is 0.352 e. The number of hydrogen-bond acceptors (Lipinski definition) is 2. The van der Waals surface area contributed by atoms with Gasteiger partial charge >= 0.3 is 0 Å². The zero-order chi connectivity index (χ0) is 16.1. The standard InChI is InChI=1S/C18H21ClN4.HI/c1-20-18(22-12-14-7-8-17(19)21-11-14)23-10-9-16(13-23)15-5-3-2-4-6-15;/h2-8,11,16H,9-10,12-13H2,1H3,(H,20,22);1H. The number of pyridine rings is 1. The average molecular weight is 457 g/mol. The molecule has 128 valence electrons. The Labute approximate surface area is 165 Å². The summed E-state index contributed by atoms with van der Waals surface area (Å²) in [6, 6.07) is 14.5. The highest BCUT2D eigenvalue weighted by Crippen LogP contribution is 2.26. The molecule has 3 rings (SSSR count). The van der Waals surface area contributed by atoms with Crippen molar-refractivity contribution in [2.75, 3.05) is 20.1 Å². The summed E-state index contributed by atoms with van der Waals surface area (Å²) in [5.74, 6) is 1.52. The van der Waals surface area contributed by atoms with E-state index in [4.69, 9.17) is 11.6 Å². The van der Waals surface area contributed by atoms with Crippen molar-refractivity contribution in [2.45, 2.75) is 18.9 Å². The highest BCUT2D eigenvalue weighted by molar-refractivity contribution is 14.0. The quantitative estimate of drug-likeness (QED) is 0.329. The molecule has 24 heavy (non-hydrogen) atoms. The van der Waals surface area contributed by atoms with Crippen molar-refractivity contribution >= 4 is 41.5 Å². The van der Waals surface area contributed by atoms with Crippen LogP contribution in [0.2, 0.25) is 5.15 Å². The molecule has 1 aliphatic heterocycles. The lowest BCUT2D eigenvalue weighted by Crippen LogP contribution is -2.39. The summed E-state index contributed by atoms with van der Waals surface area (Å²) in [4.78, 5) is 10.8. The maximum Gasteiger partial charge on any atom is 0.193 e. The third-order valence-electron chi connectivity index (χ3n) is 4.21. The normalized spacial score (nSPS) is 17.5. The number of aromatic nitrogens is 1. The minimum absolute atomic E-state index is 0. The van der Waals surface area contributed by atoms with Crippen LogP contribution < -0.4 is 5.32 Å². The number of guanidine groups is 1. The van der Waals surface area contributed by atoms with E-state index in [0.717, 1.165) is 31.0 Å². The molecule has 1 atom stereocenters. The van der Waals surface area contributed by atoms with Gasteiger partial charge in [0.1, 0.15) is 5.15 Å². The second kappa shape index (κ2) is 9.22. The summed E-state index contributed by atoms with van der Waals surface area (Å²) in [5, 5.41) is 3.93. The highest BCUT2D eigenvalue weighted by Gasteiger charge is 2.25. The van der Waals surface area contributed by atoms with Gasteiger partial charge in [0.15, 0.2) is 5.96 Å². The van der Waals surface area contributed by atoms with E-state index in [2.05, 4.69) is 50.5 Å². The van der Waals surface area contributed by atoms with Crippen LogP contribution in [0.3, 0.4) is 0 Å². The Kier molecular flexibility index (Phi) is 7.30. The van der Waals surface area contributed by atoms with Crippen LogP contribution in [0, 0.1) is 0 Å². The second-order valence-corrected chi connectivity index (χ2v) is 6.12. The van der Waals surface area contributed by atoms with E-state index in [1.54, 1.807) is 6.20 Å². The van der Waals surface area contributed by atoms with Crippen LogP contribution in [-0.2, 0) is 6.54 Å². The zero-order valence-corrected chi connectivity index (χ0v) is 16.7. The Balaban J connectivity index is 0.00000208. The van der Waals surface area contributed by atoms with Crippen molar-refractivity contribution in [1.29, 1.82) is 0 Å². The van der Waals surface area contributed by atoms with Gasteiger partial charge in [-0.3, -0.25) is 4.99 Å². The predicted octanol–water partition coefficient (Wildman–Crippen LogP) is 3.92. The fourth-order valence-corrected chi connectivity index (χ4v) is 3.09. The lowest BCUT2D eigenvalue weighted by molar-refractivity contribution is 0.486. The molecular weight excluding hydrogens is 435 g/mol. The van der Waals surface area contributed by atoms with Crippen molar-refractivity contribution in [1.82, 2.24) is 15.2 Å². The van der Waals surface area contributed by atoms with E-state index in [9.17, 15) is 0 Å². The average Bonchev–Trinajstić information content (AvgIpc) is 3.08. The van der Waals surface area contributed by atoms with Gasteiger partial charge < -0.3 is 10.2 Å². The Bertz CT molecular complexity index is 660. The number of nitrogens with zero attached hydrogens (tertiary/aromatic N) is 3. The van der Waals surface area contributed by atoms with Gasteiger partial charge in [-0.05, 0) is 23.6 Å². The van der Waals surface area contributed by atoms with Gasteiger partial charge in [-0.2, -0.15) is 0 Å². The summed E-state index contributed by atoms with van der Waals surface area (Å²) in [6.45, 7) is 2.73. The Morgan fingerprint density at radius 2 is 2.08 bits per heavy atom. The topological polar surface area (TPSA) is 40.5 Å². The molecule has 4 nitrogen and oxygen atoms in total. The van der Waals surface area contributed by atoms with Crippen LogP contribution >= 0.6 is 35.6 Å². The molecule has 1 N–H and O–H groups in total. The molecule has 1 aromatic carbocycles. The second-order valence-electron chi connectivity index (χ2n) is 5.73. The first kappa shape index (κ1) is 19.0. The van der Waals surface area contributed by atoms with E-state index in [-0.39, 0.29) is 24.0 Å². The lowest BCUT2D eigenvalue weighted by atomic mass is 9.99. The number of hydrogen-bond donors (Lipinski definition) is 1. The number of rotatable bonds is 3. The van der Waals surface area contributed by atoms with Gasteiger partial charge in [0.25, 0.3) is 0 Å². The van der Waals surface area contributed by atoms with Gasteiger partial charge in [0.2, 0.25) is 0 Å². The lowest BCUT2D eigenvalue weighted by Gasteiger charge is -2.21. The monoisotopic (exact) mass is 456 g/mol. The van der Waals surface area contributed by atoms with E-state index < -0.39 is 0 Å². The van der Waals surface area contributed by atoms with Crippen LogP contribution in [0.15, 0.2) is 53.7 Å². The van der Waals surface area contributed by atoms with Crippen LogP contribution in [0.1, 0.15) is 23.5 Å². The summed E-state index contributed by atoms with van der Waals surface area (Å²) in [7, 11) is 1.83. The smallest absolute Gasteiger partial charge is 0.193 e. The minimum Gasteiger partial charge on any atom is -0.352 e. The molecule has 2 heterocycles. The first-order valence-corrected chi connectivity index (χ1v) is 8.25. The number of aliphatic imine (C=N–C) groups is 1. The van der Waals surface area contributed by atoms with Crippen LogP contribution in [0.25, 0.3) is 0 Å². The Morgan fingerprint density at radius 1 is 1.29 bits per heavy atom. The number of nitrogens with one attached hydrogen (secondary N) is 1. The van der Waals surface area contributed by atoms with E-state index in [1.807, 2.05) is 19.2 Å². The Hall–Kier alpha value is -1.34. The molecule has 0 spiro atoms. The first-order valence-electron chi connectivity index (χ1n) is 7.87. The molecule has 1 saturated heterocycles. The number of benzene rings is 1. The van der Waals surface area contributed by atoms with Gasteiger partial charge in [0.05, 0.1) is 0 Å². The molecule has 1 fully saturated rings. The van der Waals surface area contributed by atoms with Crippen LogP contribution in [0.5, 0.6) is 0 Å². The molecule has 0 bridgehead atoms. The van der Waals surface area contributed by atoms with Crippen molar-refractivity contribution in [3.8, 4) is 0 Å². The van der Waals surface area contributed by atoms with E-state index >= 15 is 0 Å². The molecule has 0 radical (unpaired) electrons. The molecule has 0 saturated carbocycles. The van der Waals surface area contributed by atoms with E-state index in [1.165, 1.54) is 5.56 Å². The van der Waals surface area contributed by atoms with Gasteiger partial charge in [0, 0.05) is 38.8 Å². The van der Waals surface area contributed by atoms with Gasteiger partial charge in [-0.1, -0.05) is 48.0 Å². The maximum absolute atomic E-state index is 5.82. The summed E-state index contributed by atoms with van der Waals surface area (Å²) in [6.07, 6.45) is 2.95. The SMILES string of the molecule is CN=C(NCc1ccc(Cl)nc1)N1CCC(c2ccccc2)C1.I. The van der Waals surface area contributed by atoms with Crippen molar-refractivity contribution in [3.63, 3.8) is 0 Å². The summed E-state index contributed by atoms with van der Waals surface area (Å²) in [5.41, 5.74) is 2.50. The molecule has 1 unspecified atom stereocenters. The van der Waals surface area contributed by atoms with Gasteiger partial charge in [-0.25, -0.2) is 4.98 Å². The van der Waals surface area contributed by atoms with Crippen LogP contribution in [-0.4, -0.2) is 36.0 Å². The third kappa shape index (κ3) is 4.83. The molecule has 0 amide bonds. The van der Waals surface area contributed by atoms with Gasteiger partial charge in [-0.15, -0.1) is 24.0 Å². The highest BCUT2D eigenvalue weighted by atomic mass is 127. The number of likely N-dealkylation sites (tertiary alicyclic amines) is 1. The molecular formula is C18H22ClIN4. The van der Waals surface area contributed by atoms with Crippen molar-refractivity contribution < 1.29 is 0 Å². The number of halogens is 2. The zero-order valence-electron chi connectivity index (χ0n) is 13.7. The Morgan fingerprint density at radius 3 is 2.75 bits per heavy atom. The molecule has 6 heteroatoms. The van der Waals surface area contributed by atoms with Crippen molar-refractivity contribution in [3.05, 3.63) is 64.9 Å². The summed E-state index contributed by atoms with van der Waals surface area (Å²) >= 11 is 5.82.